The number of alkyl halides is 3. The molecule has 1 fully saturated rings. The number of oxazole rings is 1. The van der Waals surface area contributed by atoms with Crippen LogP contribution in [0.3, 0.4) is 0 Å². The molecule has 0 radical (unpaired) electrons. The molecular weight excluding hydrogens is 481 g/mol. The van der Waals surface area contributed by atoms with E-state index in [2.05, 4.69) is 25.7 Å². The number of halogens is 3. The fraction of sp³-hybridized carbons (Fsp3) is 0.409. The van der Waals surface area contributed by atoms with E-state index in [4.69, 9.17) is 4.42 Å². The van der Waals surface area contributed by atoms with Gasteiger partial charge in [0.1, 0.15) is 24.3 Å². The van der Waals surface area contributed by atoms with Crippen molar-refractivity contribution in [2.75, 3.05) is 41.7 Å². The molecule has 0 bridgehead atoms. The Kier molecular flexibility index (Phi) is 6.86. The maximum Gasteiger partial charge on any atom is 0.405 e. The molecule has 192 valence electrons. The molecule has 0 saturated carbocycles. The van der Waals surface area contributed by atoms with Crippen LogP contribution >= 0.6 is 0 Å². The smallest absolute Gasteiger partial charge is 0.405 e. The number of aryl methyl sites for hydroxylation is 1. The summed E-state index contributed by atoms with van der Waals surface area (Å²) in [5.41, 5.74) is 0.605. The number of hydrogen-bond acceptors (Lipinski definition) is 7. The third-order valence-corrected chi connectivity index (χ3v) is 5.21. The topological polar surface area (TPSA) is 121 Å². The van der Waals surface area contributed by atoms with Gasteiger partial charge in [-0.05, 0) is 18.1 Å². The number of carbonyl (C=O) groups excluding carboxylic acids is 2. The van der Waals surface area contributed by atoms with Crippen LogP contribution in [0, 0.1) is 5.92 Å². The molecule has 3 amide bonds. The quantitative estimate of drug-likeness (QED) is 0.479. The fourth-order valence-corrected chi connectivity index (χ4v) is 3.70. The first-order valence-corrected chi connectivity index (χ1v) is 11.1. The molecule has 36 heavy (non-hydrogen) atoms. The number of nitrogens with zero attached hydrogens (tertiary/aromatic N) is 6. The number of nitrogens with one attached hydrogen (secondary N) is 2. The molecule has 1 aliphatic heterocycles. The maximum absolute atomic E-state index is 12.9. The van der Waals surface area contributed by atoms with Crippen LogP contribution in [0.2, 0.25) is 0 Å². The van der Waals surface area contributed by atoms with E-state index >= 15 is 0 Å². The van der Waals surface area contributed by atoms with Crippen molar-refractivity contribution in [2.24, 2.45) is 13.0 Å². The van der Waals surface area contributed by atoms with Crippen molar-refractivity contribution in [3.63, 3.8) is 0 Å². The Hall–Kier alpha value is -4.10. The highest BCUT2D eigenvalue weighted by atomic mass is 19.4. The molecule has 0 aromatic carbocycles. The first-order chi connectivity index (χ1) is 17.0. The Balaban J connectivity index is 1.47. The minimum atomic E-state index is -4.40. The SMILES string of the molecule is CC(C)CN1CCN(c2nn(C)cc2NC(=O)c2coc(-c3ccnc(NCC(F)(F)F)c3)n2)C1=O. The second kappa shape index (κ2) is 9.87. The Morgan fingerprint density at radius 2 is 2.06 bits per heavy atom. The molecule has 2 N–H and O–H groups in total. The zero-order chi connectivity index (χ0) is 26.0. The summed E-state index contributed by atoms with van der Waals surface area (Å²) >= 11 is 0. The average molecular weight is 506 g/mol. The van der Waals surface area contributed by atoms with Crippen LogP contribution in [0.1, 0.15) is 24.3 Å². The summed E-state index contributed by atoms with van der Waals surface area (Å²) < 4.78 is 44.2. The van der Waals surface area contributed by atoms with Gasteiger partial charge in [0.25, 0.3) is 5.91 Å². The maximum atomic E-state index is 12.9. The number of rotatable bonds is 8. The van der Waals surface area contributed by atoms with Crippen molar-refractivity contribution in [3.8, 4) is 11.5 Å². The molecule has 11 nitrogen and oxygen atoms in total. The highest BCUT2D eigenvalue weighted by molar-refractivity contribution is 6.06. The van der Waals surface area contributed by atoms with Crippen LogP contribution in [0.15, 0.2) is 35.2 Å². The molecule has 0 atom stereocenters. The number of pyridine rings is 1. The first-order valence-electron chi connectivity index (χ1n) is 11.1. The Morgan fingerprint density at radius 3 is 2.78 bits per heavy atom. The number of hydrogen-bond donors (Lipinski definition) is 2. The molecular formula is C22H25F3N8O3. The lowest BCUT2D eigenvalue weighted by Gasteiger charge is -2.19. The van der Waals surface area contributed by atoms with E-state index in [0.29, 0.717) is 42.6 Å². The van der Waals surface area contributed by atoms with Crippen molar-refractivity contribution < 1.29 is 27.2 Å². The second-order valence-electron chi connectivity index (χ2n) is 8.70. The number of carbonyl (C=O) groups is 2. The predicted octanol–water partition coefficient (Wildman–Crippen LogP) is 3.59. The van der Waals surface area contributed by atoms with Gasteiger partial charge in [-0.3, -0.25) is 14.4 Å². The van der Waals surface area contributed by atoms with E-state index in [1.165, 1.54) is 27.9 Å². The molecule has 0 aliphatic carbocycles. The van der Waals surface area contributed by atoms with Crippen molar-refractivity contribution in [1.82, 2.24) is 24.6 Å². The summed E-state index contributed by atoms with van der Waals surface area (Å²) in [5.74, 6) is 0.0451. The van der Waals surface area contributed by atoms with E-state index in [1.807, 2.05) is 13.8 Å². The molecule has 0 unspecified atom stereocenters. The lowest BCUT2D eigenvalue weighted by molar-refractivity contribution is -0.115. The zero-order valence-electron chi connectivity index (χ0n) is 19.8. The van der Waals surface area contributed by atoms with Gasteiger partial charge in [0.2, 0.25) is 5.89 Å². The summed E-state index contributed by atoms with van der Waals surface area (Å²) in [6, 6.07) is 2.64. The van der Waals surface area contributed by atoms with Crippen LogP contribution < -0.4 is 15.5 Å². The van der Waals surface area contributed by atoms with Gasteiger partial charge in [-0.15, -0.1) is 0 Å². The van der Waals surface area contributed by atoms with E-state index in [-0.39, 0.29) is 23.4 Å². The lowest BCUT2D eigenvalue weighted by atomic mass is 10.2. The molecule has 3 aromatic rings. The number of aromatic nitrogens is 4. The average Bonchev–Trinajstić information content (AvgIpc) is 3.52. The highest BCUT2D eigenvalue weighted by Gasteiger charge is 2.33. The third kappa shape index (κ3) is 5.75. The molecule has 3 aromatic heterocycles. The second-order valence-corrected chi connectivity index (χ2v) is 8.70. The molecule has 1 saturated heterocycles. The van der Waals surface area contributed by atoms with Crippen LogP contribution in [0.5, 0.6) is 0 Å². The van der Waals surface area contributed by atoms with Gasteiger partial charge in [0.15, 0.2) is 11.5 Å². The largest absolute Gasteiger partial charge is 0.444 e. The predicted molar refractivity (Wildman–Crippen MR) is 125 cm³/mol. The van der Waals surface area contributed by atoms with Crippen molar-refractivity contribution in [2.45, 2.75) is 20.0 Å². The van der Waals surface area contributed by atoms with Crippen LogP contribution in [0.25, 0.3) is 11.5 Å². The normalized spacial score (nSPS) is 14.1. The van der Waals surface area contributed by atoms with Crippen molar-refractivity contribution in [3.05, 3.63) is 36.5 Å². The number of urea groups is 1. The van der Waals surface area contributed by atoms with Gasteiger partial charge in [-0.1, -0.05) is 13.8 Å². The van der Waals surface area contributed by atoms with Crippen LogP contribution in [-0.2, 0) is 7.05 Å². The first kappa shape index (κ1) is 25.0. The molecule has 0 spiro atoms. The highest BCUT2D eigenvalue weighted by Crippen LogP contribution is 2.28. The minimum Gasteiger partial charge on any atom is -0.444 e. The number of anilines is 3. The van der Waals surface area contributed by atoms with Gasteiger partial charge in [-0.25, -0.2) is 14.8 Å². The monoisotopic (exact) mass is 506 g/mol. The van der Waals surface area contributed by atoms with Crippen LogP contribution in [0.4, 0.5) is 35.3 Å². The van der Waals surface area contributed by atoms with Gasteiger partial charge < -0.3 is 20.0 Å². The van der Waals surface area contributed by atoms with Crippen LogP contribution in [-0.4, -0.2) is 68.9 Å². The summed E-state index contributed by atoms with van der Waals surface area (Å²) in [5, 5.41) is 9.23. The van der Waals surface area contributed by atoms with E-state index in [1.54, 1.807) is 18.1 Å². The zero-order valence-corrected chi connectivity index (χ0v) is 19.8. The molecule has 4 rings (SSSR count). The van der Waals surface area contributed by atoms with Gasteiger partial charge in [0, 0.05) is 38.4 Å². The summed E-state index contributed by atoms with van der Waals surface area (Å²) in [4.78, 5) is 36.9. The Labute approximate surface area is 204 Å². The van der Waals surface area contributed by atoms with E-state index in [9.17, 15) is 22.8 Å². The Morgan fingerprint density at radius 1 is 1.28 bits per heavy atom. The van der Waals surface area contributed by atoms with Crippen molar-refractivity contribution in [1.29, 1.82) is 0 Å². The summed E-state index contributed by atoms with van der Waals surface area (Å²) in [6.07, 6.45) is -0.387. The van der Waals surface area contributed by atoms with E-state index in [0.717, 1.165) is 6.26 Å². The summed E-state index contributed by atoms with van der Waals surface area (Å²) in [7, 11) is 1.67. The fourth-order valence-electron chi connectivity index (χ4n) is 3.70. The molecule has 4 heterocycles. The molecule has 14 heteroatoms. The molecule has 1 aliphatic rings. The summed E-state index contributed by atoms with van der Waals surface area (Å²) in [6.45, 7) is 4.42. The van der Waals surface area contributed by atoms with E-state index < -0.39 is 18.6 Å². The number of amides is 3. The lowest BCUT2D eigenvalue weighted by Crippen LogP contribution is -2.34. The van der Waals surface area contributed by atoms with Gasteiger partial charge >= 0.3 is 12.2 Å². The van der Waals surface area contributed by atoms with Crippen molar-refractivity contribution >= 4 is 29.3 Å². The minimum absolute atomic E-state index is 0.0178. The van der Waals surface area contributed by atoms with Gasteiger partial charge in [-0.2, -0.15) is 18.3 Å². The Bertz CT molecular complexity index is 1250. The third-order valence-electron chi connectivity index (χ3n) is 5.21. The van der Waals surface area contributed by atoms with Gasteiger partial charge in [0.05, 0.1) is 6.20 Å². The standard InChI is InChI=1S/C22H25F3N8O3/c1-13(2)9-32-6-7-33(21(32)35)18-15(10-31(3)30-18)28-19(34)16-11-36-20(29-16)14-4-5-26-17(8-14)27-12-22(23,24)25/h4-5,8,10-11,13H,6-7,9,12H2,1-3H3,(H,26,27)(H,28,34).